The van der Waals surface area contributed by atoms with E-state index in [1.807, 2.05) is 0 Å². The first kappa shape index (κ1) is 33.2. The molecule has 0 spiro atoms. The van der Waals surface area contributed by atoms with E-state index >= 15 is 0 Å². The molecule has 0 heterocycles. The molecule has 2 heteroatoms. The van der Waals surface area contributed by atoms with Crippen molar-refractivity contribution in [3.63, 3.8) is 0 Å². The molecule has 1 aromatic carbocycles. The predicted octanol–water partition coefficient (Wildman–Crippen LogP) is 10.4. The topological polar surface area (TPSA) is 6.48 Å². The van der Waals surface area contributed by atoms with Gasteiger partial charge < -0.3 is 9.80 Å². The molecule has 1 rings (SSSR count). The van der Waals surface area contributed by atoms with Crippen LogP contribution in [0.1, 0.15) is 153 Å². The normalized spacial score (nSPS) is 11.7. The van der Waals surface area contributed by atoms with Crippen molar-refractivity contribution in [2.45, 2.75) is 155 Å². The summed E-state index contributed by atoms with van der Waals surface area (Å²) in [6.07, 6.45) is 28.3. The van der Waals surface area contributed by atoms with Crippen molar-refractivity contribution in [2.24, 2.45) is 0 Å². The number of unbranched alkanes of at least 4 members (excludes halogenated alkanes) is 18. The van der Waals surface area contributed by atoms with Gasteiger partial charge in [0.05, 0.1) is 0 Å². The molecule has 0 unspecified atom stereocenters. The fraction of sp³-hybridized carbons (Fsp3) is 0.824. The molecule has 0 radical (unpaired) electrons. The largest absolute Gasteiger partial charge is 0.302 e. The van der Waals surface area contributed by atoms with Gasteiger partial charge in [0, 0.05) is 13.1 Å². The second kappa shape index (κ2) is 24.5. The second-order valence-electron chi connectivity index (χ2n) is 11.7. The summed E-state index contributed by atoms with van der Waals surface area (Å²) in [6, 6.07) is 9.38. The maximum Gasteiger partial charge on any atom is 0.0230 e. The molecule has 0 amide bonds. The van der Waals surface area contributed by atoms with Crippen LogP contribution in [-0.4, -0.2) is 37.0 Å². The Bertz CT molecular complexity index is 516. The first-order valence-electron chi connectivity index (χ1n) is 16.1. The van der Waals surface area contributed by atoms with Crippen LogP contribution in [0.2, 0.25) is 0 Å². The minimum absolute atomic E-state index is 1.08. The Hall–Kier alpha value is -0.860. The highest BCUT2D eigenvalue weighted by Crippen LogP contribution is 2.14. The molecule has 2 nitrogen and oxygen atoms in total. The fourth-order valence-electron chi connectivity index (χ4n) is 5.27. The molecular formula is C34H64N2. The maximum absolute atomic E-state index is 2.50. The van der Waals surface area contributed by atoms with E-state index in [1.165, 1.54) is 153 Å². The highest BCUT2D eigenvalue weighted by molar-refractivity contribution is 5.22. The van der Waals surface area contributed by atoms with Crippen molar-refractivity contribution in [1.29, 1.82) is 0 Å². The van der Waals surface area contributed by atoms with Crippen molar-refractivity contribution in [3.8, 4) is 0 Å². The van der Waals surface area contributed by atoms with Crippen molar-refractivity contribution in [1.82, 2.24) is 9.80 Å². The molecule has 0 N–H and O–H groups in total. The lowest BCUT2D eigenvalue weighted by atomic mass is 10.1. The van der Waals surface area contributed by atoms with Gasteiger partial charge in [-0.1, -0.05) is 154 Å². The van der Waals surface area contributed by atoms with E-state index in [1.54, 1.807) is 0 Å². The van der Waals surface area contributed by atoms with Crippen LogP contribution >= 0.6 is 0 Å². The van der Waals surface area contributed by atoms with E-state index in [2.05, 4.69) is 62.0 Å². The third-order valence-corrected chi connectivity index (χ3v) is 7.71. The molecule has 36 heavy (non-hydrogen) atoms. The molecule has 0 bridgehead atoms. The molecule has 0 aliphatic carbocycles. The maximum atomic E-state index is 2.50. The lowest BCUT2D eigenvalue weighted by Crippen LogP contribution is -2.20. The summed E-state index contributed by atoms with van der Waals surface area (Å²) in [7, 11) is 4.56. The predicted molar refractivity (Wildman–Crippen MR) is 163 cm³/mol. The Morgan fingerprint density at radius 3 is 0.917 bits per heavy atom. The summed E-state index contributed by atoms with van der Waals surface area (Å²) in [5.41, 5.74) is 2.90. The average Bonchev–Trinajstić information content (AvgIpc) is 2.87. The Morgan fingerprint density at radius 2 is 0.639 bits per heavy atom. The number of hydrogen-bond acceptors (Lipinski definition) is 2. The van der Waals surface area contributed by atoms with Crippen LogP contribution < -0.4 is 0 Å². The second-order valence-corrected chi connectivity index (χ2v) is 11.7. The summed E-state index contributed by atoms with van der Waals surface area (Å²) < 4.78 is 0. The van der Waals surface area contributed by atoms with Crippen molar-refractivity contribution < 1.29 is 0 Å². The zero-order chi connectivity index (χ0) is 26.1. The van der Waals surface area contributed by atoms with Crippen molar-refractivity contribution in [3.05, 3.63) is 35.4 Å². The Labute approximate surface area is 227 Å². The molecular weight excluding hydrogens is 436 g/mol. The Morgan fingerprint density at radius 1 is 0.389 bits per heavy atom. The number of nitrogens with zero attached hydrogens (tertiary/aromatic N) is 2. The molecule has 1 aromatic rings. The van der Waals surface area contributed by atoms with Crippen LogP contribution in [-0.2, 0) is 13.1 Å². The zero-order valence-electron chi connectivity index (χ0n) is 25.2. The average molecular weight is 501 g/mol. The summed E-state index contributed by atoms with van der Waals surface area (Å²) in [4.78, 5) is 4.99. The summed E-state index contributed by atoms with van der Waals surface area (Å²) in [6.45, 7) is 9.19. The lowest BCUT2D eigenvalue weighted by Gasteiger charge is -2.18. The van der Waals surface area contributed by atoms with E-state index in [4.69, 9.17) is 0 Å². The van der Waals surface area contributed by atoms with E-state index in [0.29, 0.717) is 0 Å². The quantitative estimate of drug-likeness (QED) is 0.117. The fourth-order valence-corrected chi connectivity index (χ4v) is 5.27. The van der Waals surface area contributed by atoms with Gasteiger partial charge in [0.25, 0.3) is 0 Å². The molecule has 0 fully saturated rings. The van der Waals surface area contributed by atoms with Gasteiger partial charge in [-0.3, -0.25) is 0 Å². The highest BCUT2D eigenvalue weighted by Gasteiger charge is 2.04. The lowest BCUT2D eigenvalue weighted by molar-refractivity contribution is 0.314. The van der Waals surface area contributed by atoms with Gasteiger partial charge in [-0.05, 0) is 51.2 Å². The zero-order valence-corrected chi connectivity index (χ0v) is 25.2. The van der Waals surface area contributed by atoms with E-state index < -0.39 is 0 Å². The van der Waals surface area contributed by atoms with Crippen LogP contribution in [0.5, 0.6) is 0 Å². The van der Waals surface area contributed by atoms with Gasteiger partial charge >= 0.3 is 0 Å². The first-order chi connectivity index (χ1) is 17.7. The van der Waals surface area contributed by atoms with Crippen LogP contribution in [0.25, 0.3) is 0 Å². The standard InChI is InChI=1S/C34H64N2/c1-5-7-9-11-13-15-17-19-21-23-29-35(3)31-33-25-27-34(28-26-33)32-36(4)30-24-22-20-18-16-14-12-10-8-6-2/h25-28H,5-24,29-32H2,1-4H3. The van der Waals surface area contributed by atoms with Crippen LogP contribution in [0.4, 0.5) is 0 Å². The van der Waals surface area contributed by atoms with E-state index in [-0.39, 0.29) is 0 Å². The summed E-state index contributed by atoms with van der Waals surface area (Å²) in [5.74, 6) is 0. The molecule has 0 saturated heterocycles. The van der Waals surface area contributed by atoms with Crippen LogP contribution in [0.3, 0.4) is 0 Å². The third-order valence-electron chi connectivity index (χ3n) is 7.71. The van der Waals surface area contributed by atoms with Gasteiger partial charge in [0.15, 0.2) is 0 Å². The van der Waals surface area contributed by atoms with E-state index in [9.17, 15) is 0 Å². The number of hydrogen-bond donors (Lipinski definition) is 0. The van der Waals surface area contributed by atoms with Crippen molar-refractivity contribution in [2.75, 3.05) is 27.2 Å². The van der Waals surface area contributed by atoms with Gasteiger partial charge in [-0.15, -0.1) is 0 Å². The third kappa shape index (κ3) is 20.2. The molecule has 0 saturated carbocycles. The SMILES string of the molecule is CCCCCCCCCCCCN(C)Cc1ccc(CN(C)CCCCCCCCCCCC)cc1. The first-order valence-corrected chi connectivity index (χ1v) is 16.1. The highest BCUT2D eigenvalue weighted by atomic mass is 15.1. The van der Waals surface area contributed by atoms with Gasteiger partial charge in [-0.25, -0.2) is 0 Å². The van der Waals surface area contributed by atoms with E-state index in [0.717, 1.165) is 13.1 Å². The van der Waals surface area contributed by atoms with Crippen LogP contribution in [0, 0.1) is 0 Å². The Kier molecular flexibility index (Phi) is 22.6. The minimum Gasteiger partial charge on any atom is -0.302 e. The summed E-state index contributed by atoms with van der Waals surface area (Å²) >= 11 is 0. The molecule has 0 aliphatic rings. The number of benzene rings is 1. The van der Waals surface area contributed by atoms with Crippen molar-refractivity contribution >= 4 is 0 Å². The smallest absolute Gasteiger partial charge is 0.0230 e. The number of rotatable bonds is 26. The molecule has 0 atom stereocenters. The molecule has 210 valence electrons. The minimum atomic E-state index is 1.08. The molecule has 0 aromatic heterocycles. The molecule has 0 aliphatic heterocycles. The summed E-state index contributed by atoms with van der Waals surface area (Å²) in [5, 5.41) is 0. The van der Waals surface area contributed by atoms with Gasteiger partial charge in [0.1, 0.15) is 0 Å². The van der Waals surface area contributed by atoms with Crippen LogP contribution in [0.15, 0.2) is 24.3 Å². The monoisotopic (exact) mass is 501 g/mol. The Balaban J connectivity index is 2.02. The van der Waals surface area contributed by atoms with Gasteiger partial charge in [0.2, 0.25) is 0 Å². The van der Waals surface area contributed by atoms with Gasteiger partial charge in [-0.2, -0.15) is 0 Å².